The van der Waals surface area contributed by atoms with Gasteiger partial charge in [-0.2, -0.15) is 0 Å². The quantitative estimate of drug-likeness (QED) is 0.780. The molecule has 0 spiro atoms. The van der Waals surface area contributed by atoms with Crippen molar-refractivity contribution >= 4 is 11.8 Å². The minimum Gasteiger partial charge on any atom is -0.491 e. The maximum absolute atomic E-state index is 12.2. The van der Waals surface area contributed by atoms with Gasteiger partial charge in [0.1, 0.15) is 12.4 Å². The van der Waals surface area contributed by atoms with Gasteiger partial charge in [-0.3, -0.25) is 9.59 Å². The Morgan fingerprint density at radius 2 is 2.12 bits per heavy atom. The summed E-state index contributed by atoms with van der Waals surface area (Å²) in [4.78, 5) is 25.9. The van der Waals surface area contributed by atoms with Crippen molar-refractivity contribution in [2.24, 2.45) is 11.8 Å². The van der Waals surface area contributed by atoms with Crippen molar-refractivity contribution in [2.45, 2.75) is 34.1 Å². The van der Waals surface area contributed by atoms with Gasteiger partial charge in [0.05, 0.1) is 12.5 Å². The molecular weight excluding hydrogens is 304 g/mol. The first-order chi connectivity index (χ1) is 11.4. The number of nitrogens with one attached hydrogen (secondary N) is 1. The number of hydrogen-bond acceptors (Lipinski definition) is 3. The molecule has 0 saturated carbocycles. The number of hydrogen-bond donors (Lipinski definition) is 1. The summed E-state index contributed by atoms with van der Waals surface area (Å²) in [7, 11) is 0. The van der Waals surface area contributed by atoms with E-state index in [-0.39, 0.29) is 17.7 Å². The molecule has 0 aromatic heterocycles. The van der Waals surface area contributed by atoms with Gasteiger partial charge in [-0.05, 0) is 31.4 Å². The number of likely N-dealkylation sites (tertiary alicyclic amines) is 1. The van der Waals surface area contributed by atoms with Gasteiger partial charge in [0.25, 0.3) is 0 Å². The fourth-order valence-electron chi connectivity index (χ4n) is 3.01. The second-order valence-corrected chi connectivity index (χ2v) is 7.00. The maximum atomic E-state index is 12.2. The van der Waals surface area contributed by atoms with E-state index in [0.29, 0.717) is 32.0 Å². The van der Waals surface area contributed by atoms with Gasteiger partial charge < -0.3 is 15.0 Å². The summed E-state index contributed by atoms with van der Waals surface area (Å²) in [5.74, 6) is 1.04. The third-order valence-electron chi connectivity index (χ3n) is 4.16. The van der Waals surface area contributed by atoms with E-state index in [9.17, 15) is 9.59 Å². The number of nitrogens with zero attached hydrogens (tertiary/aromatic N) is 1. The van der Waals surface area contributed by atoms with Crippen LogP contribution in [0.15, 0.2) is 18.2 Å². The molecule has 2 amide bonds. The Labute approximate surface area is 144 Å². The topological polar surface area (TPSA) is 58.6 Å². The van der Waals surface area contributed by atoms with Gasteiger partial charge in [0.15, 0.2) is 0 Å². The molecule has 5 nitrogen and oxygen atoms in total. The van der Waals surface area contributed by atoms with Crippen LogP contribution in [0.2, 0.25) is 0 Å². The average Bonchev–Trinajstić information content (AvgIpc) is 2.85. The van der Waals surface area contributed by atoms with Gasteiger partial charge in [-0.1, -0.05) is 31.5 Å². The van der Waals surface area contributed by atoms with E-state index in [1.807, 2.05) is 26.0 Å². The largest absolute Gasteiger partial charge is 0.491 e. The molecular formula is C19H28N2O3. The third-order valence-corrected chi connectivity index (χ3v) is 4.16. The zero-order valence-corrected chi connectivity index (χ0v) is 15.1. The number of carbonyl (C=O) groups is 2. The predicted molar refractivity (Wildman–Crippen MR) is 93.9 cm³/mol. The highest BCUT2D eigenvalue weighted by Gasteiger charge is 2.34. The predicted octanol–water partition coefficient (Wildman–Crippen LogP) is 2.30. The fraction of sp³-hybridized carbons (Fsp3) is 0.579. The molecule has 1 heterocycles. The number of ether oxygens (including phenoxy) is 1. The van der Waals surface area contributed by atoms with Crippen LogP contribution in [-0.2, 0) is 9.59 Å². The molecule has 2 rings (SSSR count). The standard InChI is InChI=1S/C19H28N2O3/c1-13(2)11-21-12-16(10-18(21)22)19(23)20-7-8-24-17-6-5-14(3)9-15(17)4/h5-6,9,13,16H,7-8,10-12H2,1-4H3,(H,20,23). The maximum Gasteiger partial charge on any atom is 0.225 e. The van der Waals surface area contributed by atoms with Crippen molar-refractivity contribution in [3.05, 3.63) is 29.3 Å². The lowest BCUT2D eigenvalue weighted by atomic mass is 10.1. The van der Waals surface area contributed by atoms with Crippen molar-refractivity contribution in [3.8, 4) is 5.75 Å². The number of carbonyl (C=O) groups excluding carboxylic acids is 2. The lowest BCUT2D eigenvalue weighted by Crippen LogP contribution is -2.36. The average molecular weight is 332 g/mol. The van der Waals surface area contributed by atoms with Gasteiger partial charge >= 0.3 is 0 Å². The van der Waals surface area contributed by atoms with Gasteiger partial charge in [-0.15, -0.1) is 0 Å². The molecule has 1 atom stereocenters. The SMILES string of the molecule is Cc1ccc(OCCNC(=O)C2CC(=O)N(CC(C)C)C2)c(C)c1. The summed E-state index contributed by atoms with van der Waals surface area (Å²) < 4.78 is 5.71. The van der Waals surface area contributed by atoms with Gasteiger partial charge in [0.2, 0.25) is 11.8 Å². The lowest BCUT2D eigenvalue weighted by Gasteiger charge is -2.18. The molecule has 1 N–H and O–H groups in total. The van der Waals surface area contributed by atoms with Gasteiger partial charge in [0, 0.05) is 19.5 Å². The highest BCUT2D eigenvalue weighted by molar-refractivity contribution is 5.89. The van der Waals surface area contributed by atoms with Crippen LogP contribution < -0.4 is 10.1 Å². The Morgan fingerprint density at radius 3 is 2.79 bits per heavy atom. The Balaban J connectivity index is 1.73. The highest BCUT2D eigenvalue weighted by Crippen LogP contribution is 2.20. The van der Waals surface area contributed by atoms with E-state index < -0.39 is 0 Å². The first kappa shape index (κ1) is 18.3. The highest BCUT2D eigenvalue weighted by atomic mass is 16.5. The van der Waals surface area contributed by atoms with Crippen LogP contribution in [0, 0.1) is 25.7 Å². The van der Waals surface area contributed by atoms with E-state index in [0.717, 1.165) is 17.9 Å². The van der Waals surface area contributed by atoms with E-state index in [4.69, 9.17) is 4.74 Å². The Bertz CT molecular complexity index is 598. The molecule has 24 heavy (non-hydrogen) atoms. The van der Waals surface area contributed by atoms with Crippen LogP contribution in [0.4, 0.5) is 0 Å². The Morgan fingerprint density at radius 1 is 1.38 bits per heavy atom. The minimum atomic E-state index is -0.239. The summed E-state index contributed by atoms with van der Waals surface area (Å²) in [6.45, 7) is 10.3. The monoisotopic (exact) mass is 332 g/mol. The number of rotatable bonds is 7. The summed E-state index contributed by atoms with van der Waals surface area (Å²) in [5.41, 5.74) is 2.29. The van der Waals surface area contributed by atoms with E-state index in [1.54, 1.807) is 4.90 Å². The molecule has 1 aromatic carbocycles. The number of amides is 2. The van der Waals surface area contributed by atoms with Crippen LogP contribution in [0.3, 0.4) is 0 Å². The smallest absolute Gasteiger partial charge is 0.225 e. The van der Waals surface area contributed by atoms with Crippen molar-refractivity contribution in [1.82, 2.24) is 10.2 Å². The Hall–Kier alpha value is -2.04. The van der Waals surface area contributed by atoms with Crippen molar-refractivity contribution in [2.75, 3.05) is 26.2 Å². The summed E-state index contributed by atoms with van der Waals surface area (Å²) >= 11 is 0. The van der Waals surface area contributed by atoms with E-state index in [2.05, 4.69) is 25.2 Å². The molecule has 1 fully saturated rings. The van der Waals surface area contributed by atoms with E-state index >= 15 is 0 Å². The minimum absolute atomic E-state index is 0.0566. The molecule has 132 valence electrons. The molecule has 1 unspecified atom stereocenters. The molecule has 0 bridgehead atoms. The summed E-state index contributed by atoms with van der Waals surface area (Å²) in [6, 6.07) is 6.03. The second-order valence-electron chi connectivity index (χ2n) is 7.00. The van der Waals surface area contributed by atoms with Crippen LogP contribution in [-0.4, -0.2) is 43.0 Å². The lowest BCUT2D eigenvalue weighted by molar-refractivity contribution is -0.129. The first-order valence-corrected chi connectivity index (χ1v) is 8.62. The number of aryl methyl sites for hydroxylation is 2. The molecule has 1 aromatic rings. The van der Waals surface area contributed by atoms with Gasteiger partial charge in [-0.25, -0.2) is 0 Å². The summed E-state index contributed by atoms with van der Waals surface area (Å²) in [6.07, 6.45) is 0.316. The number of benzene rings is 1. The Kier molecular flexibility index (Phi) is 6.23. The van der Waals surface area contributed by atoms with Crippen molar-refractivity contribution in [1.29, 1.82) is 0 Å². The van der Waals surface area contributed by atoms with Crippen LogP contribution >= 0.6 is 0 Å². The van der Waals surface area contributed by atoms with Crippen LogP contribution in [0.1, 0.15) is 31.4 Å². The second kappa shape index (κ2) is 8.18. The molecule has 1 saturated heterocycles. The third kappa shape index (κ3) is 4.98. The molecule has 0 radical (unpaired) electrons. The fourth-order valence-corrected chi connectivity index (χ4v) is 3.01. The van der Waals surface area contributed by atoms with Crippen molar-refractivity contribution in [3.63, 3.8) is 0 Å². The molecule has 0 aliphatic carbocycles. The zero-order chi connectivity index (χ0) is 17.7. The van der Waals surface area contributed by atoms with Crippen LogP contribution in [0.5, 0.6) is 5.75 Å². The van der Waals surface area contributed by atoms with Crippen LogP contribution in [0.25, 0.3) is 0 Å². The molecule has 5 heteroatoms. The zero-order valence-electron chi connectivity index (χ0n) is 15.1. The first-order valence-electron chi connectivity index (χ1n) is 8.62. The summed E-state index contributed by atoms with van der Waals surface area (Å²) in [5, 5.41) is 2.88. The normalized spacial score (nSPS) is 17.5. The molecule has 1 aliphatic rings. The van der Waals surface area contributed by atoms with E-state index in [1.165, 1.54) is 5.56 Å². The molecule has 1 aliphatic heterocycles. The van der Waals surface area contributed by atoms with Crippen molar-refractivity contribution < 1.29 is 14.3 Å².